The lowest BCUT2D eigenvalue weighted by Gasteiger charge is -2.17. The lowest BCUT2D eigenvalue weighted by Crippen LogP contribution is -2.26. The summed E-state index contributed by atoms with van der Waals surface area (Å²) >= 11 is 0. The van der Waals surface area contributed by atoms with Crippen molar-refractivity contribution in [2.45, 2.75) is 20.1 Å². The number of para-hydroxylation sites is 1. The molecule has 0 radical (unpaired) electrons. The van der Waals surface area contributed by atoms with Gasteiger partial charge in [0.05, 0.1) is 30.9 Å². The topological polar surface area (TPSA) is 99.4 Å². The monoisotopic (exact) mass is 370 g/mol. The first-order valence-electron chi connectivity index (χ1n) is 8.61. The molecule has 0 aliphatic carbocycles. The molecule has 2 aromatic heterocycles. The summed E-state index contributed by atoms with van der Waals surface area (Å²) in [6.45, 7) is 4.38. The maximum absolute atomic E-state index is 13.2. The van der Waals surface area contributed by atoms with Crippen molar-refractivity contribution in [1.29, 1.82) is 0 Å². The number of hydrogen-bond acceptors (Lipinski definition) is 7. The highest BCUT2D eigenvalue weighted by Crippen LogP contribution is 2.31. The van der Waals surface area contributed by atoms with Crippen LogP contribution in [0.1, 0.15) is 34.7 Å². The lowest BCUT2D eigenvalue weighted by atomic mass is 10.1. The van der Waals surface area contributed by atoms with Crippen molar-refractivity contribution in [2.24, 2.45) is 0 Å². The number of aryl methyl sites for hydroxylation is 1. The molecule has 140 valence electrons. The van der Waals surface area contributed by atoms with Gasteiger partial charge in [0, 0.05) is 0 Å². The van der Waals surface area contributed by atoms with E-state index in [1.54, 1.807) is 6.92 Å². The number of aromatic nitrogens is 2. The Morgan fingerprint density at radius 2 is 2.11 bits per heavy atom. The van der Waals surface area contributed by atoms with E-state index < -0.39 is 29.3 Å². The van der Waals surface area contributed by atoms with Crippen LogP contribution in [0.25, 0.3) is 16.6 Å². The maximum atomic E-state index is 13.2. The predicted octanol–water partition coefficient (Wildman–Crippen LogP) is 2.08. The van der Waals surface area contributed by atoms with E-state index in [1.807, 2.05) is 31.2 Å². The number of carbonyl (C=O) groups is 1. The summed E-state index contributed by atoms with van der Waals surface area (Å²) in [6.07, 6.45) is -0.704. The number of fused-ring (bicyclic) bond motifs is 3. The Labute approximate surface area is 153 Å². The van der Waals surface area contributed by atoms with E-state index in [9.17, 15) is 14.7 Å². The standard InChI is InChI=1S/C19H18N2O6/c1-3-25-18(24)13-16(22)20-15-12(19-26-7-8-27-19)9-11-6-4-5-10(2)14(11)21(15)17(13)23/h4-6,9,19,22H,3,7-8H2,1-2H3. The van der Waals surface area contributed by atoms with Crippen LogP contribution in [0.4, 0.5) is 0 Å². The van der Waals surface area contributed by atoms with Crippen molar-refractivity contribution < 1.29 is 24.1 Å². The summed E-state index contributed by atoms with van der Waals surface area (Å²) in [5.41, 5.74) is 0.908. The minimum atomic E-state index is -0.914. The van der Waals surface area contributed by atoms with Crippen molar-refractivity contribution in [2.75, 3.05) is 19.8 Å². The zero-order valence-electron chi connectivity index (χ0n) is 14.9. The molecule has 1 fully saturated rings. The molecule has 27 heavy (non-hydrogen) atoms. The summed E-state index contributed by atoms with van der Waals surface area (Å²) in [7, 11) is 0. The van der Waals surface area contributed by atoms with Crippen LogP contribution < -0.4 is 5.56 Å². The minimum Gasteiger partial charge on any atom is -0.492 e. The van der Waals surface area contributed by atoms with Crippen LogP contribution in [0.15, 0.2) is 29.1 Å². The number of pyridine rings is 1. The molecular formula is C19H18N2O6. The van der Waals surface area contributed by atoms with Crippen molar-refractivity contribution >= 4 is 22.5 Å². The van der Waals surface area contributed by atoms with Crippen LogP contribution in [0.3, 0.4) is 0 Å². The van der Waals surface area contributed by atoms with Crippen molar-refractivity contribution in [3.63, 3.8) is 0 Å². The van der Waals surface area contributed by atoms with Crippen LogP contribution in [-0.4, -0.2) is 40.3 Å². The number of carbonyl (C=O) groups excluding carboxylic acids is 1. The Hall–Kier alpha value is -2.97. The summed E-state index contributed by atoms with van der Waals surface area (Å²) in [4.78, 5) is 29.5. The highest BCUT2D eigenvalue weighted by Gasteiger charge is 2.28. The zero-order chi connectivity index (χ0) is 19.1. The second-order valence-corrected chi connectivity index (χ2v) is 6.18. The van der Waals surface area contributed by atoms with Crippen LogP contribution in [0, 0.1) is 6.92 Å². The first-order chi connectivity index (χ1) is 13.0. The van der Waals surface area contributed by atoms with Gasteiger partial charge in [-0.15, -0.1) is 0 Å². The van der Waals surface area contributed by atoms with Gasteiger partial charge in [-0.3, -0.25) is 9.20 Å². The van der Waals surface area contributed by atoms with Gasteiger partial charge in [-0.05, 0) is 30.9 Å². The molecule has 0 amide bonds. The third-order valence-electron chi connectivity index (χ3n) is 4.48. The molecule has 3 heterocycles. The molecule has 1 aromatic carbocycles. The normalized spacial score (nSPS) is 14.9. The Morgan fingerprint density at radius 1 is 1.37 bits per heavy atom. The molecule has 0 unspecified atom stereocenters. The number of hydrogen-bond donors (Lipinski definition) is 1. The molecule has 8 nitrogen and oxygen atoms in total. The summed E-state index contributed by atoms with van der Waals surface area (Å²) < 4.78 is 17.4. The molecule has 1 aliphatic rings. The van der Waals surface area contributed by atoms with Crippen LogP contribution in [-0.2, 0) is 14.2 Å². The molecule has 0 spiro atoms. The van der Waals surface area contributed by atoms with E-state index in [0.717, 1.165) is 10.9 Å². The fourth-order valence-electron chi connectivity index (χ4n) is 3.34. The maximum Gasteiger partial charge on any atom is 0.349 e. The largest absolute Gasteiger partial charge is 0.492 e. The molecule has 0 atom stereocenters. The lowest BCUT2D eigenvalue weighted by molar-refractivity contribution is -0.0433. The van der Waals surface area contributed by atoms with E-state index in [2.05, 4.69) is 4.98 Å². The fourth-order valence-corrected chi connectivity index (χ4v) is 3.34. The second-order valence-electron chi connectivity index (χ2n) is 6.18. The highest BCUT2D eigenvalue weighted by molar-refractivity contribution is 5.93. The van der Waals surface area contributed by atoms with Crippen molar-refractivity contribution in [3.8, 4) is 5.88 Å². The minimum absolute atomic E-state index is 0.0734. The van der Waals surface area contributed by atoms with E-state index in [0.29, 0.717) is 24.3 Å². The summed E-state index contributed by atoms with van der Waals surface area (Å²) in [5.74, 6) is -1.59. The Bertz CT molecular complexity index is 1110. The predicted molar refractivity (Wildman–Crippen MR) is 96.0 cm³/mol. The molecule has 1 saturated heterocycles. The molecule has 0 saturated carbocycles. The third-order valence-corrected chi connectivity index (χ3v) is 4.48. The Balaban J connectivity index is 2.15. The number of benzene rings is 1. The van der Waals surface area contributed by atoms with E-state index >= 15 is 0 Å². The SMILES string of the molecule is CCOC(=O)c1c(O)nc2c(C3OCCO3)cc3cccc(C)c3n2c1=O. The quantitative estimate of drug-likeness (QED) is 0.557. The van der Waals surface area contributed by atoms with Gasteiger partial charge in [-0.25, -0.2) is 4.79 Å². The smallest absolute Gasteiger partial charge is 0.349 e. The molecular weight excluding hydrogens is 352 g/mol. The van der Waals surface area contributed by atoms with Gasteiger partial charge in [-0.2, -0.15) is 4.98 Å². The van der Waals surface area contributed by atoms with Gasteiger partial charge in [0.1, 0.15) is 0 Å². The summed E-state index contributed by atoms with van der Waals surface area (Å²) in [6, 6.07) is 7.40. The molecule has 1 aliphatic heterocycles. The van der Waals surface area contributed by atoms with Gasteiger partial charge in [0.2, 0.25) is 5.88 Å². The van der Waals surface area contributed by atoms with E-state index in [-0.39, 0.29) is 12.3 Å². The van der Waals surface area contributed by atoms with Gasteiger partial charge < -0.3 is 19.3 Å². The van der Waals surface area contributed by atoms with Crippen molar-refractivity contribution in [1.82, 2.24) is 9.38 Å². The van der Waals surface area contributed by atoms with Gasteiger partial charge >= 0.3 is 5.97 Å². The van der Waals surface area contributed by atoms with Crippen LogP contribution in [0.2, 0.25) is 0 Å². The second kappa shape index (κ2) is 6.64. The van der Waals surface area contributed by atoms with E-state index in [4.69, 9.17) is 14.2 Å². The average Bonchev–Trinajstić information content (AvgIpc) is 3.16. The van der Waals surface area contributed by atoms with Crippen LogP contribution in [0.5, 0.6) is 5.88 Å². The molecule has 4 rings (SSSR count). The number of rotatable bonds is 3. The number of aromatic hydroxyl groups is 1. The van der Waals surface area contributed by atoms with Crippen LogP contribution >= 0.6 is 0 Å². The number of ether oxygens (including phenoxy) is 3. The first-order valence-corrected chi connectivity index (χ1v) is 8.61. The average molecular weight is 370 g/mol. The van der Waals surface area contributed by atoms with Gasteiger partial charge in [0.15, 0.2) is 17.5 Å². The highest BCUT2D eigenvalue weighted by atomic mass is 16.7. The van der Waals surface area contributed by atoms with Gasteiger partial charge in [-0.1, -0.05) is 18.2 Å². The number of nitrogens with zero attached hydrogens (tertiary/aromatic N) is 2. The first kappa shape index (κ1) is 17.4. The van der Waals surface area contributed by atoms with Crippen molar-refractivity contribution in [3.05, 3.63) is 51.3 Å². The molecule has 1 N–H and O–H groups in total. The molecule has 0 bridgehead atoms. The molecule has 3 aromatic rings. The fraction of sp³-hybridized carbons (Fsp3) is 0.316. The Kier molecular flexibility index (Phi) is 4.29. The summed E-state index contributed by atoms with van der Waals surface area (Å²) in [5, 5.41) is 11.1. The molecule has 8 heteroatoms. The third kappa shape index (κ3) is 2.73. The van der Waals surface area contributed by atoms with E-state index in [1.165, 1.54) is 4.40 Å². The number of esters is 1. The zero-order valence-corrected chi connectivity index (χ0v) is 14.9. The Morgan fingerprint density at radius 3 is 2.81 bits per heavy atom. The van der Waals surface area contributed by atoms with Gasteiger partial charge in [0.25, 0.3) is 5.56 Å².